The van der Waals surface area contributed by atoms with Crippen LogP contribution in [0.15, 0.2) is 4.42 Å². The lowest BCUT2D eigenvalue weighted by Crippen LogP contribution is -2.20. The zero-order valence-electron chi connectivity index (χ0n) is 9.41. The molecule has 2 atom stereocenters. The Kier molecular flexibility index (Phi) is 2.75. The predicted molar refractivity (Wildman–Crippen MR) is 54.3 cm³/mol. The van der Waals surface area contributed by atoms with Crippen molar-refractivity contribution in [2.75, 3.05) is 13.7 Å². The van der Waals surface area contributed by atoms with Gasteiger partial charge in [0.15, 0.2) is 0 Å². The first-order chi connectivity index (χ1) is 7.15. The average Bonchev–Trinajstić information content (AvgIpc) is 2.85. The molecule has 1 aromatic rings. The molecule has 0 spiro atoms. The molecule has 0 saturated carbocycles. The van der Waals surface area contributed by atoms with Crippen LogP contribution in [0.4, 0.5) is 0 Å². The molecule has 1 aliphatic heterocycles. The van der Waals surface area contributed by atoms with Gasteiger partial charge in [0.05, 0.1) is 6.04 Å². The first-order valence-electron chi connectivity index (χ1n) is 5.31. The van der Waals surface area contributed by atoms with E-state index in [2.05, 4.69) is 15.5 Å². The SMILES string of the molecule is CNC(C)c1nnc(C2(C)CCCO2)o1. The Labute approximate surface area is 89.2 Å². The zero-order chi connectivity index (χ0) is 10.9. The fourth-order valence-corrected chi connectivity index (χ4v) is 1.69. The van der Waals surface area contributed by atoms with E-state index in [9.17, 15) is 0 Å². The summed E-state index contributed by atoms with van der Waals surface area (Å²) in [5.41, 5.74) is -0.376. The van der Waals surface area contributed by atoms with Crippen LogP contribution in [-0.4, -0.2) is 23.9 Å². The lowest BCUT2D eigenvalue weighted by Gasteiger charge is -2.17. The van der Waals surface area contributed by atoms with Crippen molar-refractivity contribution in [3.8, 4) is 0 Å². The minimum atomic E-state index is -0.376. The molecule has 5 heteroatoms. The van der Waals surface area contributed by atoms with Gasteiger partial charge in [0, 0.05) is 6.61 Å². The standard InChI is InChI=1S/C10H17N3O2/c1-7(11-3)8-12-13-9(15-8)10(2)5-4-6-14-10/h7,11H,4-6H2,1-3H3. The van der Waals surface area contributed by atoms with E-state index in [1.54, 1.807) is 0 Å². The van der Waals surface area contributed by atoms with Crippen molar-refractivity contribution in [2.24, 2.45) is 0 Å². The number of hydrogen-bond acceptors (Lipinski definition) is 5. The van der Waals surface area contributed by atoms with Gasteiger partial charge < -0.3 is 14.5 Å². The Bertz CT molecular complexity index is 331. The molecule has 0 radical (unpaired) electrons. The summed E-state index contributed by atoms with van der Waals surface area (Å²) in [6.45, 7) is 4.76. The van der Waals surface area contributed by atoms with Crippen molar-refractivity contribution in [3.63, 3.8) is 0 Å². The number of aromatic nitrogens is 2. The third-order valence-electron chi connectivity index (χ3n) is 2.92. The van der Waals surface area contributed by atoms with Gasteiger partial charge >= 0.3 is 0 Å². The number of rotatable bonds is 3. The van der Waals surface area contributed by atoms with Gasteiger partial charge in [-0.15, -0.1) is 10.2 Å². The van der Waals surface area contributed by atoms with Gasteiger partial charge in [-0.25, -0.2) is 0 Å². The summed E-state index contributed by atoms with van der Waals surface area (Å²) in [6, 6.07) is 0.0799. The number of nitrogens with zero attached hydrogens (tertiary/aromatic N) is 2. The van der Waals surface area contributed by atoms with Gasteiger partial charge in [-0.3, -0.25) is 0 Å². The van der Waals surface area contributed by atoms with Gasteiger partial charge in [0.25, 0.3) is 0 Å². The van der Waals surface area contributed by atoms with E-state index in [-0.39, 0.29) is 11.6 Å². The lowest BCUT2D eigenvalue weighted by molar-refractivity contribution is -0.00642. The molecule has 1 aromatic heterocycles. The summed E-state index contributed by atoms with van der Waals surface area (Å²) in [5, 5.41) is 11.1. The fourth-order valence-electron chi connectivity index (χ4n) is 1.69. The van der Waals surface area contributed by atoms with Crippen molar-refractivity contribution in [1.29, 1.82) is 0 Å². The Morgan fingerprint density at radius 2 is 2.27 bits per heavy atom. The predicted octanol–water partition coefficient (Wildman–Crippen LogP) is 1.38. The third-order valence-corrected chi connectivity index (χ3v) is 2.92. The van der Waals surface area contributed by atoms with Crippen LogP contribution in [0.1, 0.15) is 44.5 Å². The molecule has 5 nitrogen and oxygen atoms in total. The average molecular weight is 211 g/mol. The largest absolute Gasteiger partial charge is 0.420 e. The van der Waals surface area contributed by atoms with Gasteiger partial charge in [0.1, 0.15) is 5.60 Å². The third kappa shape index (κ3) is 1.89. The monoisotopic (exact) mass is 211 g/mol. The Balaban J connectivity index is 2.19. The maximum absolute atomic E-state index is 5.64. The summed E-state index contributed by atoms with van der Waals surface area (Å²) in [5.74, 6) is 1.21. The molecule has 0 aliphatic carbocycles. The van der Waals surface area contributed by atoms with Crippen LogP contribution in [0.3, 0.4) is 0 Å². The van der Waals surface area contributed by atoms with Crippen LogP contribution in [0, 0.1) is 0 Å². The summed E-state index contributed by atoms with van der Waals surface area (Å²) in [6.07, 6.45) is 2.00. The first kappa shape index (κ1) is 10.6. The van der Waals surface area contributed by atoms with Crippen molar-refractivity contribution in [1.82, 2.24) is 15.5 Å². The van der Waals surface area contributed by atoms with Crippen LogP contribution >= 0.6 is 0 Å². The van der Waals surface area contributed by atoms with Gasteiger partial charge in [-0.1, -0.05) is 0 Å². The highest BCUT2D eigenvalue weighted by Crippen LogP contribution is 2.34. The Hall–Kier alpha value is -0.940. The molecule has 0 aromatic carbocycles. The molecule has 2 heterocycles. The normalized spacial score (nSPS) is 28.2. The first-order valence-corrected chi connectivity index (χ1v) is 5.31. The van der Waals surface area contributed by atoms with E-state index in [4.69, 9.17) is 9.15 Å². The molecular weight excluding hydrogens is 194 g/mol. The van der Waals surface area contributed by atoms with E-state index in [1.165, 1.54) is 0 Å². The summed E-state index contributed by atoms with van der Waals surface area (Å²) < 4.78 is 11.3. The Morgan fingerprint density at radius 3 is 2.87 bits per heavy atom. The molecule has 1 N–H and O–H groups in total. The maximum atomic E-state index is 5.64. The molecule has 84 valence electrons. The van der Waals surface area contributed by atoms with E-state index in [1.807, 2.05) is 20.9 Å². The second-order valence-corrected chi connectivity index (χ2v) is 4.14. The van der Waals surface area contributed by atoms with E-state index >= 15 is 0 Å². The minimum Gasteiger partial charge on any atom is -0.420 e. The topological polar surface area (TPSA) is 60.2 Å². The fraction of sp³-hybridized carbons (Fsp3) is 0.800. The van der Waals surface area contributed by atoms with Crippen LogP contribution in [0.5, 0.6) is 0 Å². The van der Waals surface area contributed by atoms with Crippen molar-refractivity contribution in [3.05, 3.63) is 11.8 Å². The molecule has 2 rings (SSSR count). The zero-order valence-corrected chi connectivity index (χ0v) is 9.41. The number of hydrogen-bond donors (Lipinski definition) is 1. The summed E-state index contributed by atoms with van der Waals surface area (Å²) >= 11 is 0. The molecule has 0 bridgehead atoms. The maximum Gasteiger partial charge on any atom is 0.248 e. The molecule has 1 aliphatic rings. The van der Waals surface area contributed by atoms with Crippen molar-refractivity contribution in [2.45, 2.75) is 38.3 Å². The number of ether oxygens (including phenoxy) is 1. The van der Waals surface area contributed by atoms with Crippen LogP contribution in [0.25, 0.3) is 0 Å². The van der Waals surface area contributed by atoms with Crippen LogP contribution < -0.4 is 5.32 Å². The highest BCUT2D eigenvalue weighted by Gasteiger charge is 2.37. The molecular formula is C10H17N3O2. The van der Waals surface area contributed by atoms with E-state index in [0.717, 1.165) is 19.4 Å². The number of nitrogens with one attached hydrogen (secondary N) is 1. The quantitative estimate of drug-likeness (QED) is 0.818. The smallest absolute Gasteiger partial charge is 0.248 e. The van der Waals surface area contributed by atoms with Gasteiger partial charge in [-0.2, -0.15) is 0 Å². The molecule has 0 amide bonds. The Morgan fingerprint density at radius 1 is 1.47 bits per heavy atom. The molecule has 15 heavy (non-hydrogen) atoms. The minimum absolute atomic E-state index is 0.0799. The second-order valence-electron chi connectivity index (χ2n) is 4.14. The van der Waals surface area contributed by atoms with Crippen molar-refractivity contribution >= 4 is 0 Å². The molecule has 1 fully saturated rings. The van der Waals surface area contributed by atoms with Crippen LogP contribution in [0.2, 0.25) is 0 Å². The van der Waals surface area contributed by atoms with Crippen LogP contribution in [-0.2, 0) is 10.3 Å². The highest BCUT2D eigenvalue weighted by atomic mass is 16.5. The lowest BCUT2D eigenvalue weighted by atomic mass is 10.0. The highest BCUT2D eigenvalue weighted by molar-refractivity contribution is 4.99. The van der Waals surface area contributed by atoms with Crippen molar-refractivity contribution < 1.29 is 9.15 Å². The second kappa shape index (κ2) is 3.90. The molecule has 1 saturated heterocycles. The van der Waals surface area contributed by atoms with E-state index in [0.29, 0.717) is 11.8 Å². The molecule has 2 unspecified atom stereocenters. The van der Waals surface area contributed by atoms with Gasteiger partial charge in [-0.05, 0) is 33.7 Å². The summed E-state index contributed by atoms with van der Waals surface area (Å²) in [4.78, 5) is 0. The van der Waals surface area contributed by atoms with Gasteiger partial charge in [0.2, 0.25) is 11.8 Å². The summed E-state index contributed by atoms with van der Waals surface area (Å²) in [7, 11) is 1.86. The van der Waals surface area contributed by atoms with E-state index < -0.39 is 0 Å².